The van der Waals surface area contributed by atoms with Crippen molar-refractivity contribution in [2.24, 2.45) is 11.8 Å². The first-order valence-electron chi connectivity index (χ1n) is 15.5. The van der Waals surface area contributed by atoms with Gasteiger partial charge in [-0.3, -0.25) is 9.59 Å². The topological polar surface area (TPSA) is 110 Å². The predicted octanol–water partition coefficient (Wildman–Crippen LogP) is 4.48. The van der Waals surface area contributed by atoms with Crippen LogP contribution in [0.15, 0.2) is 24.3 Å². The van der Waals surface area contributed by atoms with E-state index in [-0.39, 0.29) is 55.0 Å². The first kappa shape index (κ1) is 35.1. The largest absolute Gasteiger partial charge is 0.444 e. The third-order valence-electron chi connectivity index (χ3n) is 7.71. The molecule has 1 aromatic carbocycles. The Kier molecular flexibility index (Phi) is 11.0. The fourth-order valence-electron chi connectivity index (χ4n) is 5.69. The van der Waals surface area contributed by atoms with Crippen molar-refractivity contribution in [1.82, 2.24) is 29.7 Å². The maximum Gasteiger partial charge on any atom is 0.410 e. The van der Waals surface area contributed by atoms with Gasteiger partial charge in [0.25, 0.3) is 5.91 Å². The monoisotopic (exact) mass is 654 g/mol. The minimum absolute atomic E-state index is 0.0274. The Balaban J connectivity index is 1.73. The van der Waals surface area contributed by atoms with Crippen LogP contribution in [0.4, 0.5) is 22.4 Å². The molecule has 0 saturated carbocycles. The number of rotatable bonds is 8. The summed E-state index contributed by atoms with van der Waals surface area (Å²) >= 11 is 0. The molecule has 11 nitrogen and oxygen atoms in total. The van der Waals surface area contributed by atoms with E-state index in [4.69, 9.17) is 9.47 Å². The number of morpholine rings is 1. The van der Waals surface area contributed by atoms with E-state index in [1.54, 1.807) is 25.7 Å². The van der Waals surface area contributed by atoms with Gasteiger partial charge in [0.15, 0.2) is 5.69 Å². The highest BCUT2D eigenvalue weighted by molar-refractivity contribution is 5.94. The maximum atomic E-state index is 14.8. The van der Waals surface area contributed by atoms with Crippen molar-refractivity contribution < 1.29 is 41.4 Å². The van der Waals surface area contributed by atoms with E-state index in [0.717, 1.165) is 10.7 Å². The van der Waals surface area contributed by atoms with Crippen LogP contribution < -0.4 is 0 Å². The molecule has 0 spiro atoms. The van der Waals surface area contributed by atoms with Gasteiger partial charge in [-0.1, -0.05) is 31.2 Å². The van der Waals surface area contributed by atoms with Crippen LogP contribution in [-0.2, 0) is 20.7 Å². The number of piperidine rings is 1. The van der Waals surface area contributed by atoms with E-state index >= 15 is 0 Å². The number of nitrogens with zero attached hydrogens (tertiary/aromatic N) is 6. The van der Waals surface area contributed by atoms with E-state index in [1.165, 1.54) is 28.0 Å². The average Bonchev–Trinajstić information content (AvgIpc) is 3.41. The van der Waals surface area contributed by atoms with Crippen LogP contribution in [0.25, 0.3) is 5.69 Å². The summed E-state index contributed by atoms with van der Waals surface area (Å²) in [5.74, 6) is -2.43. The van der Waals surface area contributed by atoms with Gasteiger partial charge in [0.2, 0.25) is 5.91 Å². The summed E-state index contributed by atoms with van der Waals surface area (Å²) in [5.41, 5.74) is -1.51. The lowest BCUT2D eigenvalue weighted by atomic mass is 9.91. The summed E-state index contributed by atoms with van der Waals surface area (Å²) in [6, 6.07) is 4.69. The molecule has 46 heavy (non-hydrogen) atoms. The van der Waals surface area contributed by atoms with Crippen molar-refractivity contribution in [1.29, 1.82) is 0 Å². The standard InChI is InChI=1S/C31H42F4N6O5/c1-20(2)17-40(28(43)26-25(10-11-31(33,34)35)41(37-36-26)24-9-7-6-8-23(24)32)22-16-21(27(42)38-12-14-45-15-13-38)18-39(19-22)29(44)46-30(3,4)5/h6-9,20-22H,10-19H2,1-5H3/t21-,22+/m1/s1. The van der Waals surface area contributed by atoms with Crippen molar-refractivity contribution in [3.05, 3.63) is 41.5 Å². The number of halogens is 4. The number of benzene rings is 1. The molecule has 0 bridgehead atoms. The number of likely N-dealkylation sites (tertiary alicyclic amines) is 1. The van der Waals surface area contributed by atoms with E-state index in [2.05, 4.69) is 10.3 Å². The predicted molar refractivity (Wildman–Crippen MR) is 159 cm³/mol. The second-order valence-corrected chi connectivity index (χ2v) is 13.1. The van der Waals surface area contributed by atoms with Gasteiger partial charge in [-0.05, 0) is 45.2 Å². The Morgan fingerprint density at radius 2 is 1.74 bits per heavy atom. The Hall–Kier alpha value is -3.75. The first-order valence-corrected chi connectivity index (χ1v) is 15.5. The fraction of sp³-hybridized carbons (Fsp3) is 0.645. The molecule has 2 saturated heterocycles. The Labute approximate surface area is 265 Å². The van der Waals surface area contributed by atoms with Crippen LogP contribution >= 0.6 is 0 Å². The van der Waals surface area contributed by atoms with Crippen LogP contribution in [0.5, 0.6) is 0 Å². The van der Waals surface area contributed by atoms with Gasteiger partial charge in [0, 0.05) is 45.6 Å². The van der Waals surface area contributed by atoms with Gasteiger partial charge < -0.3 is 24.2 Å². The molecule has 0 N–H and O–H groups in total. The molecule has 2 aliphatic heterocycles. The summed E-state index contributed by atoms with van der Waals surface area (Å²) in [4.78, 5) is 45.8. The van der Waals surface area contributed by atoms with Crippen molar-refractivity contribution >= 4 is 17.9 Å². The molecule has 2 aliphatic rings. The number of para-hydroxylation sites is 1. The lowest BCUT2D eigenvalue weighted by molar-refractivity contribution is -0.142. The third-order valence-corrected chi connectivity index (χ3v) is 7.71. The summed E-state index contributed by atoms with van der Waals surface area (Å²) < 4.78 is 66.9. The first-order chi connectivity index (χ1) is 21.5. The molecule has 0 aliphatic carbocycles. The number of hydrogen-bond donors (Lipinski definition) is 0. The molecule has 0 unspecified atom stereocenters. The van der Waals surface area contributed by atoms with Gasteiger partial charge in [-0.25, -0.2) is 13.9 Å². The van der Waals surface area contributed by atoms with Gasteiger partial charge in [-0.15, -0.1) is 5.10 Å². The summed E-state index contributed by atoms with van der Waals surface area (Å²) in [6.45, 7) is 10.7. The normalized spacial score (nSPS) is 19.3. The van der Waals surface area contributed by atoms with Crippen LogP contribution in [0, 0.1) is 17.7 Å². The van der Waals surface area contributed by atoms with Gasteiger partial charge in [-0.2, -0.15) is 13.2 Å². The van der Waals surface area contributed by atoms with Crippen LogP contribution in [0.1, 0.15) is 63.6 Å². The minimum Gasteiger partial charge on any atom is -0.444 e. The molecular formula is C31H42F4N6O5. The Morgan fingerprint density at radius 1 is 1.07 bits per heavy atom. The van der Waals surface area contributed by atoms with Crippen molar-refractivity contribution in [3.8, 4) is 5.69 Å². The van der Waals surface area contributed by atoms with Crippen LogP contribution in [-0.4, -0.2) is 111 Å². The molecule has 15 heteroatoms. The number of alkyl halides is 3. The lowest BCUT2D eigenvalue weighted by Crippen LogP contribution is -2.58. The van der Waals surface area contributed by atoms with Crippen molar-refractivity contribution in [2.75, 3.05) is 45.9 Å². The quantitative estimate of drug-likeness (QED) is 0.386. The molecule has 1 aromatic heterocycles. The molecule has 4 rings (SSSR count). The summed E-state index contributed by atoms with van der Waals surface area (Å²) in [5, 5.41) is 7.90. The molecule has 3 amide bonds. The summed E-state index contributed by atoms with van der Waals surface area (Å²) in [7, 11) is 0. The van der Waals surface area contributed by atoms with E-state index in [9.17, 15) is 31.9 Å². The number of aromatic nitrogens is 3. The highest BCUT2D eigenvalue weighted by atomic mass is 19.4. The van der Waals surface area contributed by atoms with Crippen molar-refractivity contribution in [3.63, 3.8) is 0 Å². The highest BCUT2D eigenvalue weighted by Gasteiger charge is 2.42. The molecule has 3 heterocycles. The van der Waals surface area contributed by atoms with Crippen LogP contribution in [0.2, 0.25) is 0 Å². The molecule has 2 aromatic rings. The van der Waals surface area contributed by atoms with Crippen molar-refractivity contribution in [2.45, 2.75) is 71.7 Å². The maximum absolute atomic E-state index is 14.8. The smallest absolute Gasteiger partial charge is 0.410 e. The SMILES string of the molecule is CC(C)CN(C(=O)c1nnn(-c2ccccc2F)c1CCC(F)(F)F)[C@H]1C[C@@H](C(=O)N2CCOCC2)CN(C(=O)OC(C)(C)C)C1. The average molecular weight is 655 g/mol. The zero-order valence-electron chi connectivity index (χ0n) is 26.8. The zero-order valence-corrected chi connectivity index (χ0v) is 26.8. The van der Waals surface area contributed by atoms with E-state index in [0.29, 0.717) is 26.3 Å². The molecule has 0 radical (unpaired) electrons. The minimum atomic E-state index is -4.56. The molecule has 254 valence electrons. The second-order valence-electron chi connectivity index (χ2n) is 13.1. The summed E-state index contributed by atoms with van der Waals surface area (Å²) in [6.07, 6.45) is -6.97. The van der Waals surface area contributed by atoms with Gasteiger partial charge >= 0.3 is 12.3 Å². The van der Waals surface area contributed by atoms with Gasteiger partial charge in [0.1, 0.15) is 17.1 Å². The Morgan fingerprint density at radius 3 is 2.35 bits per heavy atom. The van der Waals surface area contributed by atoms with Gasteiger partial charge in [0.05, 0.1) is 30.9 Å². The molecular weight excluding hydrogens is 612 g/mol. The number of hydrogen-bond acceptors (Lipinski definition) is 7. The number of carbonyl (C=O) groups excluding carboxylic acids is 3. The number of carbonyl (C=O) groups is 3. The number of amides is 3. The number of ether oxygens (including phenoxy) is 2. The zero-order chi connectivity index (χ0) is 33.8. The molecule has 2 atom stereocenters. The lowest BCUT2D eigenvalue weighted by Gasteiger charge is -2.44. The van der Waals surface area contributed by atoms with E-state index < -0.39 is 54.4 Å². The van der Waals surface area contributed by atoms with E-state index in [1.807, 2.05) is 13.8 Å². The van der Waals surface area contributed by atoms with Crippen LogP contribution in [0.3, 0.4) is 0 Å². The second kappa shape index (κ2) is 14.3. The Bertz CT molecular complexity index is 1390. The highest BCUT2D eigenvalue weighted by Crippen LogP contribution is 2.29. The molecule has 2 fully saturated rings. The third kappa shape index (κ3) is 8.95. The fourth-order valence-corrected chi connectivity index (χ4v) is 5.69.